The number of rotatable bonds is 2. The van der Waals surface area contributed by atoms with Crippen LogP contribution < -0.4 is 22.2 Å². The van der Waals surface area contributed by atoms with Gasteiger partial charge in [0.15, 0.2) is 6.67 Å². The number of hydrogen-bond acceptors (Lipinski definition) is 1. The molecule has 3 heteroatoms. The molecule has 0 spiro atoms. The van der Waals surface area contributed by atoms with Gasteiger partial charge in [-0.2, -0.15) is 0 Å². The Hall–Kier alpha value is -1.51. The van der Waals surface area contributed by atoms with Gasteiger partial charge in [0.05, 0.1) is 6.54 Å². The topological polar surface area (TPSA) is 7.68 Å². The van der Waals surface area contributed by atoms with Crippen molar-refractivity contribution in [1.29, 1.82) is 0 Å². The van der Waals surface area contributed by atoms with Crippen molar-refractivity contribution in [3.05, 3.63) is 58.7 Å². The van der Waals surface area contributed by atoms with Crippen LogP contribution in [0.1, 0.15) is 105 Å². The van der Waals surface area contributed by atoms with Crippen LogP contribution in [0, 0.1) is 0 Å². The van der Waals surface area contributed by atoms with E-state index in [-0.39, 0.29) is 34.1 Å². The molecule has 1 atom stereocenters. The van der Waals surface area contributed by atoms with E-state index in [9.17, 15) is 0 Å². The smallest absolute Gasteiger partial charge is 0.157 e. The highest BCUT2D eigenvalue weighted by atomic mass is 35.5. The van der Waals surface area contributed by atoms with Crippen LogP contribution in [0.2, 0.25) is 0 Å². The van der Waals surface area contributed by atoms with Crippen molar-refractivity contribution in [2.45, 2.75) is 105 Å². The number of benzene rings is 2. The fourth-order valence-electron chi connectivity index (χ4n) is 4.47. The number of nitrogens with one attached hydrogen (secondary N) is 1. The summed E-state index contributed by atoms with van der Waals surface area (Å²) in [6, 6.07) is 14.6. The first-order valence-corrected chi connectivity index (χ1v) is 12.8. The maximum Gasteiger partial charge on any atom is 0.157 e. The Morgan fingerprint density at radius 1 is 0.559 bits per heavy atom. The van der Waals surface area contributed by atoms with E-state index in [1.807, 2.05) is 0 Å². The lowest BCUT2D eigenvalue weighted by atomic mass is 9.80. The van der Waals surface area contributed by atoms with Crippen molar-refractivity contribution < 1.29 is 17.3 Å². The molecule has 0 radical (unpaired) electrons. The predicted molar refractivity (Wildman–Crippen MR) is 145 cm³/mol. The van der Waals surface area contributed by atoms with E-state index in [1.54, 1.807) is 4.90 Å². The summed E-state index contributed by atoms with van der Waals surface area (Å²) >= 11 is 0. The molecule has 0 aliphatic carbocycles. The second-order valence-electron chi connectivity index (χ2n) is 14.3. The molecule has 0 bridgehead atoms. The van der Waals surface area contributed by atoms with Crippen LogP contribution in [0.5, 0.6) is 0 Å². The molecule has 190 valence electrons. The van der Waals surface area contributed by atoms with Gasteiger partial charge >= 0.3 is 0 Å². The summed E-state index contributed by atoms with van der Waals surface area (Å²) in [5, 5.41) is 0. The Kier molecular flexibility index (Phi) is 8.03. The lowest BCUT2D eigenvalue weighted by molar-refractivity contribution is -0.817. The Morgan fingerprint density at radius 3 is 1.26 bits per heavy atom. The lowest BCUT2D eigenvalue weighted by Gasteiger charge is -2.28. The zero-order valence-electron chi connectivity index (χ0n) is 23.9. The molecule has 0 aromatic heterocycles. The van der Waals surface area contributed by atoms with Gasteiger partial charge in [-0.25, -0.2) is 0 Å². The third-order valence-corrected chi connectivity index (χ3v) is 7.15. The summed E-state index contributed by atoms with van der Waals surface area (Å²) in [4.78, 5) is 4.17. The average Bonchev–Trinajstić information content (AvgIpc) is 3.15. The molecule has 2 aromatic rings. The van der Waals surface area contributed by atoms with Crippen LogP contribution in [-0.2, 0) is 21.7 Å². The molecule has 1 unspecified atom stereocenters. The molecule has 0 saturated carbocycles. The van der Waals surface area contributed by atoms with Gasteiger partial charge in [0.2, 0.25) is 0 Å². The SMILES string of the molecule is CC(C)(C)c1cc(N2CC[NH+](c3cc(C(C)(C)C)cc(C(C)(C)C)c3)C2)cc(C(C)(C)C)c1.[Cl-]. The number of anilines is 1. The monoisotopic (exact) mass is 484 g/mol. The van der Waals surface area contributed by atoms with Crippen LogP contribution in [0.3, 0.4) is 0 Å². The average molecular weight is 485 g/mol. The molecule has 0 amide bonds. The van der Waals surface area contributed by atoms with Crippen molar-refractivity contribution in [3.8, 4) is 0 Å². The highest BCUT2D eigenvalue weighted by molar-refractivity contribution is 5.54. The summed E-state index contributed by atoms with van der Waals surface area (Å²) in [5.41, 5.74) is 9.17. The molecule has 1 fully saturated rings. The van der Waals surface area contributed by atoms with E-state index >= 15 is 0 Å². The molecule has 1 N–H and O–H groups in total. The molecular weight excluding hydrogens is 436 g/mol. The maximum atomic E-state index is 2.60. The van der Waals surface area contributed by atoms with E-state index in [2.05, 4.69) is 124 Å². The summed E-state index contributed by atoms with van der Waals surface area (Å²) < 4.78 is 0. The minimum absolute atomic E-state index is 0. The minimum atomic E-state index is 0. The third kappa shape index (κ3) is 6.58. The van der Waals surface area contributed by atoms with Gasteiger partial charge in [-0.15, -0.1) is 0 Å². The highest BCUT2D eigenvalue weighted by Crippen LogP contribution is 2.34. The molecule has 3 rings (SSSR count). The number of nitrogens with zero attached hydrogens (tertiary/aromatic N) is 1. The Morgan fingerprint density at radius 2 is 0.912 bits per heavy atom. The highest BCUT2D eigenvalue weighted by Gasteiger charge is 2.30. The second kappa shape index (κ2) is 9.51. The van der Waals surface area contributed by atoms with E-state index in [0.29, 0.717) is 0 Å². The first kappa shape index (κ1) is 28.7. The summed E-state index contributed by atoms with van der Waals surface area (Å²) in [6.45, 7) is 31.2. The fraction of sp³-hybridized carbons (Fsp3) is 0.613. The van der Waals surface area contributed by atoms with E-state index < -0.39 is 0 Å². The van der Waals surface area contributed by atoms with Gasteiger partial charge in [0.1, 0.15) is 12.2 Å². The van der Waals surface area contributed by atoms with Gasteiger partial charge in [0, 0.05) is 17.8 Å². The molecule has 2 aromatic carbocycles. The van der Waals surface area contributed by atoms with Crippen molar-refractivity contribution in [1.82, 2.24) is 0 Å². The quantitative estimate of drug-likeness (QED) is 0.679. The number of halogens is 1. The van der Waals surface area contributed by atoms with Crippen LogP contribution >= 0.6 is 0 Å². The van der Waals surface area contributed by atoms with Gasteiger partial charge in [-0.05, 0) is 56.0 Å². The first-order valence-electron chi connectivity index (χ1n) is 12.8. The van der Waals surface area contributed by atoms with Crippen LogP contribution in [0.25, 0.3) is 0 Å². The van der Waals surface area contributed by atoms with Crippen LogP contribution in [-0.4, -0.2) is 19.8 Å². The van der Waals surface area contributed by atoms with Crippen LogP contribution in [0.15, 0.2) is 36.4 Å². The lowest BCUT2D eigenvalue weighted by Crippen LogP contribution is -3.06. The van der Waals surface area contributed by atoms with Crippen LogP contribution in [0.4, 0.5) is 11.4 Å². The van der Waals surface area contributed by atoms with Gasteiger partial charge < -0.3 is 17.3 Å². The van der Waals surface area contributed by atoms with E-state index in [0.717, 1.165) is 19.8 Å². The van der Waals surface area contributed by atoms with Crippen molar-refractivity contribution >= 4 is 11.4 Å². The van der Waals surface area contributed by atoms with Gasteiger partial charge in [-0.1, -0.05) is 95.2 Å². The molecule has 1 aliphatic rings. The normalized spacial score (nSPS) is 17.6. The second-order valence-corrected chi connectivity index (χ2v) is 14.3. The zero-order valence-corrected chi connectivity index (χ0v) is 24.7. The van der Waals surface area contributed by atoms with E-state index in [1.165, 1.54) is 33.6 Å². The minimum Gasteiger partial charge on any atom is -1.00 e. The van der Waals surface area contributed by atoms with E-state index in [4.69, 9.17) is 0 Å². The molecular formula is C31H49ClN2. The summed E-state index contributed by atoms with van der Waals surface area (Å²) in [5.74, 6) is 0. The number of hydrogen-bond donors (Lipinski definition) is 1. The standard InChI is InChI=1S/C31H48N2.ClH/c1-28(2,3)22-15-23(29(4,5)6)18-26(17-22)32-13-14-33(21-32)27-19-24(30(7,8)9)16-25(20-27)31(10,11)12;/h15-20H,13-14,21H2,1-12H3;1H. The first-order chi connectivity index (χ1) is 14.9. The van der Waals surface area contributed by atoms with Crippen molar-refractivity contribution in [3.63, 3.8) is 0 Å². The van der Waals surface area contributed by atoms with Gasteiger partial charge in [-0.3, -0.25) is 4.90 Å². The number of quaternary nitrogens is 1. The molecule has 1 saturated heterocycles. The Bertz CT molecular complexity index is 848. The summed E-state index contributed by atoms with van der Waals surface area (Å²) in [6.07, 6.45) is 0. The molecule has 2 nitrogen and oxygen atoms in total. The largest absolute Gasteiger partial charge is 1.00 e. The Labute approximate surface area is 216 Å². The third-order valence-electron chi connectivity index (χ3n) is 7.15. The molecule has 1 aliphatic heterocycles. The Balaban J connectivity index is 0.00000408. The zero-order chi connectivity index (χ0) is 25.0. The van der Waals surface area contributed by atoms with Crippen molar-refractivity contribution in [2.75, 3.05) is 24.7 Å². The van der Waals surface area contributed by atoms with Crippen molar-refractivity contribution in [2.24, 2.45) is 0 Å². The fourth-order valence-corrected chi connectivity index (χ4v) is 4.47. The molecule has 34 heavy (non-hydrogen) atoms. The maximum absolute atomic E-state index is 2.60. The van der Waals surface area contributed by atoms with Gasteiger partial charge in [0.25, 0.3) is 0 Å². The summed E-state index contributed by atoms with van der Waals surface area (Å²) in [7, 11) is 0. The molecule has 1 heterocycles. The predicted octanol–water partition coefficient (Wildman–Crippen LogP) is 3.87.